The van der Waals surface area contributed by atoms with Gasteiger partial charge in [0.2, 0.25) is 5.91 Å². The molecule has 0 saturated heterocycles. The number of methoxy groups -OCH3 is 1. The predicted octanol–water partition coefficient (Wildman–Crippen LogP) is 2.47. The summed E-state index contributed by atoms with van der Waals surface area (Å²) in [5.41, 5.74) is 2.69. The van der Waals surface area contributed by atoms with Crippen molar-refractivity contribution in [2.45, 2.75) is 26.2 Å². The molecule has 0 unspecified atom stereocenters. The largest absolute Gasteiger partial charge is 0.495 e. The second-order valence-corrected chi connectivity index (χ2v) is 7.65. The molecule has 1 aromatic heterocycles. The van der Waals surface area contributed by atoms with Crippen molar-refractivity contribution in [3.63, 3.8) is 0 Å². The highest BCUT2D eigenvalue weighted by Crippen LogP contribution is 2.30. The van der Waals surface area contributed by atoms with Crippen LogP contribution in [0.5, 0.6) is 5.75 Å². The molecule has 1 aromatic carbocycles. The number of carbonyl (C=O) groups excluding carboxylic acids is 3. The van der Waals surface area contributed by atoms with Gasteiger partial charge in [-0.2, -0.15) is 0 Å². The molecule has 0 atom stereocenters. The number of hydrogen-bond acceptors (Lipinski definition) is 6. The van der Waals surface area contributed by atoms with Gasteiger partial charge >= 0.3 is 5.97 Å². The summed E-state index contributed by atoms with van der Waals surface area (Å²) < 4.78 is 10.2. The summed E-state index contributed by atoms with van der Waals surface area (Å²) >= 11 is 1.42. The average molecular weight is 402 g/mol. The first-order valence-electron chi connectivity index (χ1n) is 8.96. The summed E-state index contributed by atoms with van der Waals surface area (Å²) in [7, 11) is 1.51. The van der Waals surface area contributed by atoms with E-state index in [0.29, 0.717) is 16.3 Å². The number of anilines is 1. The Hall–Kier alpha value is -2.87. The normalized spacial score (nSPS) is 12.2. The Morgan fingerprint density at radius 3 is 2.71 bits per heavy atom. The van der Waals surface area contributed by atoms with Gasteiger partial charge < -0.3 is 20.1 Å². The molecule has 28 heavy (non-hydrogen) atoms. The van der Waals surface area contributed by atoms with Gasteiger partial charge in [0.1, 0.15) is 10.6 Å². The summed E-state index contributed by atoms with van der Waals surface area (Å²) in [4.78, 5) is 37.7. The molecule has 148 valence electrons. The summed E-state index contributed by atoms with van der Waals surface area (Å²) in [5, 5.41) is 5.12. The molecule has 0 aliphatic heterocycles. The second kappa shape index (κ2) is 8.88. The number of nitrogens with one attached hydrogen (secondary N) is 2. The van der Waals surface area contributed by atoms with Crippen LogP contribution in [-0.2, 0) is 27.2 Å². The van der Waals surface area contributed by atoms with E-state index in [0.717, 1.165) is 24.8 Å². The lowest BCUT2D eigenvalue weighted by Gasteiger charge is -2.11. The number of aryl methyl sites for hydroxylation is 3. The number of thiophene rings is 1. The van der Waals surface area contributed by atoms with E-state index in [4.69, 9.17) is 9.47 Å². The minimum atomic E-state index is -0.538. The molecule has 0 spiro atoms. The number of hydrogen-bond donors (Lipinski definition) is 2. The van der Waals surface area contributed by atoms with Gasteiger partial charge in [0.05, 0.1) is 19.3 Å². The van der Waals surface area contributed by atoms with Crippen molar-refractivity contribution in [3.05, 3.63) is 45.1 Å². The third-order valence-corrected chi connectivity index (χ3v) is 5.57. The molecule has 0 saturated carbocycles. The van der Waals surface area contributed by atoms with Crippen molar-refractivity contribution in [2.75, 3.05) is 25.6 Å². The fourth-order valence-corrected chi connectivity index (χ4v) is 4.12. The Bertz CT molecular complexity index is 884. The number of ether oxygens (including phenoxy) is 2. The van der Waals surface area contributed by atoms with E-state index in [-0.39, 0.29) is 6.54 Å². The van der Waals surface area contributed by atoms with E-state index in [1.807, 2.05) is 19.1 Å². The molecule has 8 heteroatoms. The number of fused-ring (bicyclic) bond motifs is 1. The number of rotatable bonds is 7. The molecule has 2 amide bonds. The van der Waals surface area contributed by atoms with Crippen LogP contribution in [0.3, 0.4) is 0 Å². The van der Waals surface area contributed by atoms with Crippen molar-refractivity contribution >= 4 is 34.8 Å². The third-order valence-electron chi connectivity index (χ3n) is 4.36. The van der Waals surface area contributed by atoms with Crippen LogP contribution in [0, 0.1) is 6.92 Å². The Morgan fingerprint density at radius 1 is 1.14 bits per heavy atom. The van der Waals surface area contributed by atoms with Gasteiger partial charge in [-0.1, -0.05) is 6.07 Å². The fraction of sp³-hybridized carbons (Fsp3) is 0.350. The lowest BCUT2D eigenvalue weighted by Crippen LogP contribution is -2.35. The molecule has 3 rings (SSSR count). The Morgan fingerprint density at radius 2 is 1.96 bits per heavy atom. The minimum absolute atomic E-state index is 0.235. The Kier molecular flexibility index (Phi) is 6.30. The topological polar surface area (TPSA) is 93.7 Å². The van der Waals surface area contributed by atoms with Crippen LogP contribution in [0.1, 0.15) is 32.1 Å². The van der Waals surface area contributed by atoms with E-state index < -0.39 is 24.4 Å². The maximum atomic E-state index is 12.1. The smallest absolute Gasteiger partial charge is 0.348 e. The number of carbonyl (C=O) groups is 3. The van der Waals surface area contributed by atoms with E-state index >= 15 is 0 Å². The molecule has 2 aromatic rings. The first-order valence-corrected chi connectivity index (χ1v) is 9.78. The van der Waals surface area contributed by atoms with Gasteiger partial charge in [-0.25, -0.2) is 4.79 Å². The zero-order valence-corrected chi connectivity index (χ0v) is 16.6. The summed E-state index contributed by atoms with van der Waals surface area (Å²) in [6, 6.07) is 7.24. The van der Waals surface area contributed by atoms with Gasteiger partial charge in [-0.15, -0.1) is 11.3 Å². The lowest BCUT2D eigenvalue weighted by atomic mass is 10.2. The van der Waals surface area contributed by atoms with E-state index in [9.17, 15) is 14.4 Å². The van der Waals surface area contributed by atoms with Gasteiger partial charge in [-0.05, 0) is 55.5 Å². The third kappa shape index (κ3) is 4.89. The molecule has 1 aliphatic rings. The fourth-order valence-electron chi connectivity index (χ4n) is 2.98. The van der Waals surface area contributed by atoms with Crippen LogP contribution in [0.25, 0.3) is 0 Å². The summed E-state index contributed by atoms with van der Waals surface area (Å²) in [5.74, 6) is -0.924. The highest BCUT2D eigenvalue weighted by molar-refractivity contribution is 7.14. The first-order chi connectivity index (χ1) is 13.5. The van der Waals surface area contributed by atoms with Crippen LogP contribution >= 0.6 is 11.3 Å². The SMILES string of the molecule is COc1ccc(C)cc1NC(=O)CNC(=O)COC(=O)c1cc2c(s1)CCC2. The maximum Gasteiger partial charge on any atom is 0.348 e. The standard InChI is InChI=1S/C20H22N2O5S/c1-12-6-7-15(26-2)14(8-12)22-18(23)10-21-19(24)11-27-20(25)17-9-13-4-3-5-16(13)28-17/h6-9H,3-5,10-11H2,1-2H3,(H,21,24)(H,22,23). The van der Waals surface area contributed by atoms with E-state index in [1.165, 1.54) is 28.9 Å². The van der Waals surface area contributed by atoms with E-state index in [1.54, 1.807) is 12.1 Å². The van der Waals surface area contributed by atoms with Crippen molar-refractivity contribution < 1.29 is 23.9 Å². The molecule has 1 aliphatic carbocycles. The van der Waals surface area contributed by atoms with Crippen LogP contribution in [0.2, 0.25) is 0 Å². The Balaban J connectivity index is 1.43. The highest BCUT2D eigenvalue weighted by atomic mass is 32.1. The quantitative estimate of drug-likeness (QED) is 0.694. The van der Waals surface area contributed by atoms with Gasteiger partial charge in [-0.3, -0.25) is 9.59 Å². The minimum Gasteiger partial charge on any atom is -0.495 e. The molecule has 2 N–H and O–H groups in total. The van der Waals surface area contributed by atoms with Crippen LogP contribution < -0.4 is 15.4 Å². The van der Waals surface area contributed by atoms with Crippen LogP contribution in [0.4, 0.5) is 5.69 Å². The van der Waals surface area contributed by atoms with Crippen molar-refractivity contribution in [1.82, 2.24) is 5.32 Å². The zero-order valence-electron chi connectivity index (χ0n) is 15.8. The molecular formula is C20H22N2O5S. The van der Waals surface area contributed by atoms with Crippen molar-refractivity contribution in [3.8, 4) is 5.75 Å². The molecule has 0 bridgehead atoms. The van der Waals surface area contributed by atoms with Crippen molar-refractivity contribution in [1.29, 1.82) is 0 Å². The molecule has 1 heterocycles. The highest BCUT2D eigenvalue weighted by Gasteiger charge is 2.20. The predicted molar refractivity (Wildman–Crippen MR) is 106 cm³/mol. The van der Waals surface area contributed by atoms with E-state index in [2.05, 4.69) is 10.6 Å². The number of benzene rings is 1. The number of esters is 1. The maximum absolute atomic E-state index is 12.1. The monoisotopic (exact) mass is 402 g/mol. The zero-order chi connectivity index (χ0) is 20.1. The lowest BCUT2D eigenvalue weighted by molar-refractivity contribution is -0.126. The molecule has 7 nitrogen and oxygen atoms in total. The summed E-state index contributed by atoms with van der Waals surface area (Å²) in [6.07, 6.45) is 3.10. The van der Waals surface area contributed by atoms with Crippen LogP contribution in [-0.4, -0.2) is 38.0 Å². The Labute approximate surface area is 167 Å². The first kappa shape index (κ1) is 19.9. The van der Waals surface area contributed by atoms with Crippen molar-refractivity contribution in [2.24, 2.45) is 0 Å². The number of amides is 2. The van der Waals surface area contributed by atoms with Crippen LogP contribution in [0.15, 0.2) is 24.3 Å². The second-order valence-electron chi connectivity index (χ2n) is 6.52. The van der Waals surface area contributed by atoms with Gasteiger partial charge in [0, 0.05) is 4.88 Å². The van der Waals surface area contributed by atoms with Gasteiger partial charge in [0.15, 0.2) is 6.61 Å². The molecular weight excluding hydrogens is 380 g/mol. The molecule has 0 radical (unpaired) electrons. The van der Waals surface area contributed by atoms with Gasteiger partial charge in [0.25, 0.3) is 5.91 Å². The average Bonchev–Trinajstić information content (AvgIpc) is 3.27. The molecule has 0 fully saturated rings. The summed E-state index contributed by atoms with van der Waals surface area (Å²) in [6.45, 7) is 1.23.